The number of aliphatic carboxylic acids is 1. The first-order valence-corrected chi connectivity index (χ1v) is 11.7. The van der Waals surface area contributed by atoms with Crippen molar-refractivity contribution in [2.75, 3.05) is 0 Å². The molecule has 0 aliphatic heterocycles. The van der Waals surface area contributed by atoms with E-state index in [4.69, 9.17) is 9.84 Å². The molecule has 0 aromatic rings. The maximum absolute atomic E-state index is 11.9. The van der Waals surface area contributed by atoms with Gasteiger partial charge in [-0.1, -0.05) is 77.2 Å². The lowest BCUT2D eigenvalue weighted by molar-refractivity contribution is -0.157. The van der Waals surface area contributed by atoms with Crippen LogP contribution >= 0.6 is 0 Å². The van der Waals surface area contributed by atoms with E-state index in [1.165, 1.54) is 70.6 Å². The average Bonchev–Trinajstić information content (AvgIpc) is 3.12. The third-order valence-electron chi connectivity index (χ3n) is 5.71. The fraction of sp³-hybridized carbons (Fsp3) is 0.833. The Kier molecular flexibility index (Phi) is 13.8. The summed E-state index contributed by atoms with van der Waals surface area (Å²) in [6, 6.07) is 0. The van der Waals surface area contributed by atoms with Gasteiger partial charge in [0.15, 0.2) is 0 Å². The van der Waals surface area contributed by atoms with Crippen LogP contribution in [0.15, 0.2) is 12.2 Å². The van der Waals surface area contributed by atoms with Crippen molar-refractivity contribution in [3.05, 3.63) is 12.2 Å². The van der Waals surface area contributed by atoms with Gasteiger partial charge >= 0.3 is 11.9 Å². The highest BCUT2D eigenvalue weighted by molar-refractivity contribution is 5.76. The highest BCUT2D eigenvalue weighted by Gasteiger charge is 2.35. The Labute approximate surface area is 172 Å². The zero-order valence-corrected chi connectivity index (χ0v) is 18.1. The van der Waals surface area contributed by atoms with Crippen molar-refractivity contribution >= 4 is 11.9 Å². The monoisotopic (exact) mass is 394 g/mol. The van der Waals surface area contributed by atoms with E-state index in [1.54, 1.807) is 0 Å². The van der Waals surface area contributed by atoms with Crippen LogP contribution in [0.3, 0.4) is 0 Å². The van der Waals surface area contributed by atoms with E-state index in [2.05, 4.69) is 19.1 Å². The number of carboxylic acids is 1. The second kappa shape index (κ2) is 15.6. The van der Waals surface area contributed by atoms with Gasteiger partial charge in [-0.25, -0.2) is 0 Å². The van der Waals surface area contributed by atoms with Gasteiger partial charge in [0, 0.05) is 0 Å². The number of carbonyl (C=O) groups is 2. The summed E-state index contributed by atoms with van der Waals surface area (Å²) in [6.07, 6.45) is 23.7. The Bertz CT molecular complexity index is 450. The Morgan fingerprint density at radius 3 is 1.93 bits per heavy atom. The Balaban J connectivity index is 2.10. The van der Waals surface area contributed by atoms with Crippen LogP contribution in [0.25, 0.3) is 0 Å². The molecule has 0 saturated heterocycles. The molecule has 0 aromatic heterocycles. The molecule has 1 rings (SSSR count). The minimum absolute atomic E-state index is 0.0382. The first kappa shape index (κ1) is 24.7. The van der Waals surface area contributed by atoms with E-state index >= 15 is 0 Å². The number of carboxylic acid groups (broad SMARTS) is 1. The molecule has 0 spiro atoms. The largest absolute Gasteiger partial charge is 0.481 e. The van der Waals surface area contributed by atoms with E-state index in [0.29, 0.717) is 0 Å². The Hall–Kier alpha value is -1.32. The first-order valence-electron chi connectivity index (χ1n) is 11.7. The van der Waals surface area contributed by atoms with Gasteiger partial charge in [-0.3, -0.25) is 9.59 Å². The lowest BCUT2D eigenvalue weighted by Crippen LogP contribution is -2.29. The summed E-state index contributed by atoms with van der Waals surface area (Å²) in [4.78, 5) is 22.5. The molecule has 1 saturated carbocycles. The number of esters is 1. The van der Waals surface area contributed by atoms with Crippen LogP contribution < -0.4 is 0 Å². The van der Waals surface area contributed by atoms with Crippen LogP contribution in [0, 0.1) is 0 Å². The lowest BCUT2D eigenvalue weighted by atomic mass is 10.00. The summed E-state index contributed by atoms with van der Waals surface area (Å²) >= 11 is 0. The molecule has 4 nitrogen and oxygen atoms in total. The number of unbranched alkanes of at least 4 members (excludes halogenated alkanes) is 11. The van der Waals surface area contributed by atoms with Gasteiger partial charge in [0.25, 0.3) is 0 Å². The second-order valence-electron chi connectivity index (χ2n) is 8.37. The molecular weight excluding hydrogens is 352 g/mol. The molecule has 0 atom stereocenters. The quantitative estimate of drug-likeness (QED) is 0.164. The lowest BCUT2D eigenvalue weighted by Gasteiger charge is -2.25. The molecule has 1 fully saturated rings. The zero-order valence-electron chi connectivity index (χ0n) is 18.1. The smallest absolute Gasteiger partial charge is 0.307 e. The molecule has 4 heteroatoms. The average molecular weight is 395 g/mol. The molecule has 1 aliphatic carbocycles. The Morgan fingerprint density at radius 1 is 0.857 bits per heavy atom. The molecule has 0 heterocycles. The van der Waals surface area contributed by atoms with E-state index in [-0.39, 0.29) is 18.8 Å². The van der Waals surface area contributed by atoms with Crippen LogP contribution in [-0.2, 0) is 14.3 Å². The van der Waals surface area contributed by atoms with E-state index in [9.17, 15) is 9.59 Å². The Morgan fingerprint density at radius 2 is 1.39 bits per heavy atom. The van der Waals surface area contributed by atoms with Crippen molar-refractivity contribution in [1.82, 2.24) is 0 Å². The van der Waals surface area contributed by atoms with Crippen LogP contribution in [0.5, 0.6) is 0 Å². The van der Waals surface area contributed by atoms with Crippen molar-refractivity contribution in [1.29, 1.82) is 0 Å². The van der Waals surface area contributed by atoms with Crippen LogP contribution in [0.1, 0.15) is 122 Å². The first-order chi connectivity index (χ1) is 13.6. The van der Waals surface area contributed by atoms with Gasteiger partial charge < -0.3 is 9.84 Å². The fourth-order valence-corrected chi connectivity index (χ4v) is 3.99. The number of allylic oxidation sites excluding steroid dienone is 1. The van der Waals surface area contributed by atoms with E-state index < -0.39 is 11.6 Å². The van der Waals surface area contributed by atoms with Gasteiger partial charge in [0.2, 0.25) is 0 Å². The summed E-state index contributed by atoms with van der Waals surface area (Å²) < 4.78 is 5.67. The van der Waals surface area contributed by atoms with Gasteiger partial charge in [0.05, 0.1) is 12.8 Å². The maximum Gasteiger partial charge on any atom is 0.307 e. The summed E-state index contributed by atoms with van der Waals surface area (Å²) in [5, 5.41) is 8.70. The maximum atomic E-state index is 11.9. The highest BCUT2D eigenvalue weighted by atomic mass is 16.6. The molecule has 1 aliphatic rings. The zero-order chi connectivity index (χ0) is 20.5. The number of hydrogen-bond acceptors (Lipinski definition) is 3. The number of ether oxygens (including phenoxy) is 1. The molecular formula is C24H42O4. The standard InChI is InChI=1S/C24H42O4/c1-2-3-4-5-6-7-8-9-10-11-12-13-14-19-24(20-15-16-21-24)28-23(27)18-17-22(25)26/h14,19H,2-13,15-18,20-21H2,1H3,(H,25,26). The highest BCUT2D eigenvalue weighted by Crippen LogP contribution is 2.35. The molecule has 28 heavy (non-hydrogen) atoms. The fourth-order valence-electron chi connectivity index (χ4n) is 3.99. The number of carbonyl (C=O) groups excluding carboxylic acids is 1. The molecule has 0 amide bonds. The molecule has 0 aromatic carbocycles. The minimum atomic E-state index is -0.954. The predicted octanol–water partition coefficient (Wildman–Crippen LogP) is 6.96. The summed E-state index contributed by atoms with van der Waals surface area (Å²) in [5.41, 5.74) is -0.479. The number of rotatable bonds is 17. The summed E-state index contributed by atoms with van der Waals surface area (Å²) in [7, 11) is 0. The van der Waals surface area contributed by atoms with Crippen molar-refractivity contribution in [2.24, 2.45) is 0 Å². The van der Waals surface area contributed by atoms with Crippen molar-refractivity contribution in [3.8, 4) is 0 Å². The van der Waals surface area contributed by atoms with Gasteiger partial charge in [0.1, 0.15) is 5.60 Å². The van der Waals surface area contributed by atoms with Crippen molar-refractivity contribution < 1.29 is 19.4 Å². The third kappa shape index (κ3) is 12.2. The molecule has 1 N–H and O–H groups in total. The van der Waals surface area contributed by atoms with Gasteiger partial charge in [-0.05, 0) is 44.6 Å². The second-order valence-corrected chi connectivity index (χ2v) is 8.37. The third-order valence-corrected chi connectivity index (χ3v) is 5.71. The van der Waals surface area contributed by atoms with Crippen molar-refractivity contribution in [2.45, 2.75) is 128 Å². The molecule has 0 unspecified atom stereocenters. The van der Waals surface area contributed by atoms with Crippen LogP contribution in [0.2, 0.25) is 0 Å². The summed E-state index contributed by atoms with van der Waals surface area (Å²) in [5.74, 6) is -1.34. The molecule has 0 radical (unpaired) electrons. The van der Waals surface area contributed by atoms with Gasteiger partial charge in [-0.15, -0.1) is 0 Å². The summed E-state index contributed by atoms with van der Waals surface area (Å²) in [6.45, 7) is 2.26. The van der Waals surface area contributed by atoms with E-state index in [0.717, 1.165) is 32.1 Å². The van der Waals surface area contributed by atoms with E-state index in [1.807, 2.05) is 0 Å². The van der Waals surface area contributed by atoms with Crippen LogP contribution in [0.4, 0.5) is 0 Å². The SMILES string of the molecule is CCCCCCCCCCCCCC=CC1(OC(=O)CCC(=O)O)CCCC1. The molecule has 0 bridgehead atoms. The van der Waals surface area contributed by atoms with Crippen molar-refractivity contribution in [3.63, 3.8) is 0 Å². The topological polar surface area (TPSA) is 63.6 Å². The predicted molar refractivity (Wildman–Crippen MR) is 114 cm³/mol. The normalized spacial score (nSPS) is 15.9. The molecule has 162 valence electrons. The van der Waals surface area contributed by atoms with Gasteiger partial charge in [-0.2, -0.15) is 0 Å². The number of hydrogen-bond donors (Lipinski definition) is 1. The minimum Gasteiger partial charge on any atom is -0.481 e. The van der Waals surface area contributed by atoms with Crippen LogP contribution in [-0.4, -0.2) is 22.6 Å².